The van der Waals surface area contributed by atoms with E-state index in [0.717, 1.165) is 34.9 Å². The number of hydrogen-bond donors (Lipinski definition) is 4. The monoisotopic (exact) mass is 737 g/mol. The highest BCUT2D eigenvalue weighted by atomic mass is 32.2. The summed E-state index contributed by atoms with van der Waals surface area (Å²) in [5, 5.41) is 8.89. The maximum absolute atomic E-state index is 14.1. The molecule has 2 amide bonds. The second-order valence-electron chi connectivity index (χ2n) is 12.4. The first-order chi connectivity index (χ1) is 24.4. The molecule has 0 radical (unpaired) electrons. The van der Waals surface area contributed by atoms with Gasteiger partial charge in [-0.05, 0) is 59.5 Å². The van der Waals surface area contributed by atoms with Crippen LogP contribution in [0.15, 0.2) is 65.6 Å². The summed E-state index contributed by atoms with van der Waals surface area (Å²) in [6.45, 7) is 2.72. The minimum atomic E-state index is -3.82. The van der Waals surface area contributed by atoms with Crippen LogP contribution in [0.25, 0.3) is 0 Å². The zero-order chi connectivity index (χ0) is 36.0. The van der Waals surface area contributed by atoms with Gasteiger partial charge in [-0.2, -0.15) is 26.6 Å². The zero-order valence-electron chi connectivity index (χ0n) is 27.0. The van der Waals surface area contributed by atoms with Crippen molar-refractivity contribution in [2.75, 3.05) is 37.2 Å². The van der Waals surface area contributed by atoms with Gasteiger partial charge in [0.05, 0.1) is 16.3 Å². The van der Waals surface area contributed by atoms with E-state index in [0.29, 0.717) is 43.0 Å². The summed E-state index contributed by atoms with van der Waals surface area (Å²) in [7, 11) is -3.82. The van der Waals surface area contributed by atoms with Crippen molar-refractivity contribution >= 4 is 58.0 Å². The van der Waals surface area contributed by atoms with Crippen molar-refractivity contribution in [3.05, 3.63) is 94.6 Å². The molecule has 2 fully saturated rings. The molecule has 2 saturated heterocycles. The highest BCUT2D eigenvalue weighted by molar-refractivity contribution is 7.89. The number of fused-ring (bicyclic) bond motifs is 1. The maximum Gasteiger partial charge on any atom is 0.287 e. The van der Waals surface area contributed by atoms with Crippen LogP contribution in [-0.4, -0.2) is 87.2 Å². The molecule has 2 atom stereocenters. The number of sulfonamides is 1. The second kappa shape index (κ2) is 13.8. The number of benzene rings is 3. The van der Waals surface area contributed by atoms with Crippen molar-refractivity contribution in [1.82, 2.24) is 34.2 Å². The van der Waals surface area contributed by atoms with E-state index in [1.165, 1.54) is 28.6 Å². The second-order valence-corrected chi connectivity index (χ2v) is 14.9. The van der Waals surface area contributed by atoms with E-state index in [4.69, 9.17) is 18.4 Å². The molecule has 0 spiro atoms. The van der Waals surface area contributed by atoms with Crippen LogP contribution in [-0.2, 0) is 32.7 Å². The van der Waals surface area contributed by atoms with Crippen LogP contribution >= 0.6 is 12.6 Å². The number of rotatable bonds is 8. The lowest BCUT2D eigenvalue weighted by Gasteiger charge is -2.34. The number of halogens is 2. The van der Waals surface area contributed by atoms with Crippen LogP contribution in [0.3, 0.4) is 0 Å². The lowest BCUT2D eigenvalue weighted by molar-refractivity contribution is -0.137. The Bertz CT molecular complexity index is 2120. The minimum Gasteiger partial charge on any atom is -0.368 e. The Hall–Kier alpha value is -4.75. The molecule has 0 aliphatic carbocycles. The number of imide groups is 1. The molecule has 266 valence electrons. The summed E-state index contributed by atoms with van der Waals surface area (Å²) in [4.78, 5) is 45.2. The average Bonchev–Trinajstić information content (AvgIpc) is 3.64. The van der Waals surface area contributed by atoms with E-state index in [2.05, 4.69) is 25.6 Å². The molecule has 4 heterocycles. The fourth-order valence-electron chi connectivity index (χ4n) is 6.66. The predicted molar refractivity (Wildman–Crippen MR) is 184 cm³/mol. The van der Waals surface area contributed by atoms with Gasteiger partial charge in [-0.25, -0.2) is 17.2 Å². The van der Waals surface area contributed by atoms with Gasteiger partial charge in [0.2, 0.25) is 33.7 Å². The molecule has 4 N–H and O–H groups in total. The summed E-state index contributed by atoms with van der Waals surface area (Å²) < 4.78 is 57.3. The number of hydrogen-bond acceptors (Lipinski definition) is 12. The number of thiol groups is 1. The van der Waals surface area contributed by atoms with Gasteiger partial charge in [0.1, 0.15) is 17.2 Å². The Kier molecular flexibility index (Phi) is 9.36. The van der Waals surface area contributed by atoms with Gasteiger partial charge < -0.3 is 11.1 Å². The summed E-state index contributed by atoms with van der Waals surface area (Å²) in [6.07, 6.45) is 0.735. The van der Waals surface area contributed by atoms with Crippen LogP contribution < -0.4 is 16.4 Å². The number of nitrogen functional groups attached to an aromatic ring is 1. The largest absolute Gasteiger partial charge is 0.368 e. The third-order valence-electron chi connectivity index (χ3n) is 9.33. The number of piperazine rings is 1. The average molecular weight is 738 g/mol. The predicted octanol–water partition coefficient (Wildman–Crippen LogP) is 2.63. The summed E-state index contributed by atoms with van der Waals surface area (Å²) in [5.74, 6) is -4.39. The smallest absolute Gasteiger partial charge is 0.287 e. The van der Waals surface area contributed by atoms with Crippen LogP contribution in [0.1, 0.15) is 45.3 Å². The fourth-order valence-corrected chi connectivity index (χ4v) is 8.56. The number of carbonyl (C=O) groups excluding carboxylic acids is 3. The van der Waals surface area contributed by atoms with Crippen LogP contribution in [0.5, 0.6) is 0 Å². The molecular weight excluding hydrogens is 705 g/mol. The van der Waals surface area contributed by atoms with Crippen molar-refractivity contribution in [3.8, 4) is 0 Å². The van der Waals surface area contributed by atoms with Gasteiger partial charge in [-0.1, -0.05) is 24.3 Å². The first-order valence-electron chi connectivity index (χ1n) is 16.1. The summed E-state index contributed by atoms with van der Waals surface area (Å²) in [5.41, 5.74) is 8.56. The fraction of sp³-hybridized carbons (Fsp3) is 0.303. The van der Waals surface area contributed by atoms with Crippen molar-refractivity contribution in [2.24, 2.45) is 0 Å². The van der Waals surface area contributed by atoms with E-state index in [1.807, 2.05) is 23.1 Å². The van der Waals surface area contributed by atoms with Crippen molar-refractivity contribution in [2.45, 2.75) is 42.2 Å². The van der Waals surface area contributed by atoms with E-state index in [9.17, 15) is 31.6 Å². The topological polar surface area (TPSA) is 176 Å². The molecule has 18 heteroatoms. The highest BCUT2D eigenvalue weighted by Gasteiger charge is 2.40. The molecule has 14 nitrogen and oxygen atoms in total. The first kappa shape index (κ1) is 34.7. The molecule has 0 saturated carbocycles. The van der Waals surface area contributed by atoms with Gasteiger partial charge in [0.25, 0.3) is 5.91 Å². The number of nitrogens with two attached hydrogens (primary N) is 1. The molecule has 3 aromatic carbocycles. The van der Waals surface area contributed by atoms with Crippen LogP contribution in [0, 0.1) is 11.6 Å². The number of nitrogens with zero attached hydrogens (tertiary/aromatic N) is 6. The van der Waals surface area contributed by atoms with E-state index in [-0.39, 0.29) is 47.5 Å². The first-order valence-corrected chi connectivity index (χ1v) is 18.1. The van der Waals surface area contributed by atoms with Gasteiger partial charge >= 0.3 is 0 Å². The zero-order valence-corrected chi connectivity index (χ0v) is 28.7. The van der Waals surface area contributed by atoms with E-state index >= 15 is 0 Å². The molecular formula is C33H33F2N9O5S2. The Morgan fingerprint density at radius 3 is 2.37 bits per heavy atom. The molecule has 51 heavy (non-hydrogen) atoms. The normalized spacial score (nSPS) is 20.3. The third kappa shape index (κ3) is 6.72. The molecule has 4 aromatic rings. The van der Waals surface area contributed by atoms with Crippen molar-refractivity contribution < 1.29 is 31.6 Å². The van der Waals surface area contributed by atoms with Gasteiger partial charge in [0.15, 0.2) is 0 Å². The van der Waals surface area contributed by atoms with Gasteiger partial charge in [0, 0.05) is 51.4 Å². The Morgan fingerprint density at radius 1 is 1.00 bits per heavy atom. The molecule has 7 rings (SSSR count). The van der Waals surface area contributed by atoms with E-state index < -0.39 is 45.1 Å². The van der Waals surface area contributed by atoms with E-state index in [1.54, 1.807) is 0 Å². The van der Waals surface area contributed by atoms with Gasteiger partial charge in [-0.3, -0.25) is 29.5 Å². The lowest BCUT2D eigenvalue weighted by atomic mass is 10.0. The van der Waals surface area contributed by atoms with Crippen LogP contribution in [0.2, 0.25) is 0 Å². The maximum atomic E-state index is 14.1. The standard InChI is InChI=1S/C33H33F2N9O5S2/c34-24-5-2-6-25(35)28(24)30(47)44-32(36)39-33(40-44)37-20-7-9-21(10-8-20)51(48,49)42-15-13-41(14-16-42)17-19-3-1-4-22-23(19)18-43(31(22)50)26-11-12-27(45)38-29(26)46/h1-10,26,31,50H,11-18H2,(H,38,45,46)(H3,36,37,39,40). The van der Waals surface area contributed by atoms with Gasteiger partial charge in [-0.15, -0.1) is 5.10 Å². The summed E-state index contributed by atoms with van der Waals surface area (Å²) in [6, 6.07) is 14.4. The minimum absolute atomic E-state index is 0.0824. The third-order valence-corrected chi connectivity index (χ3v) is 11.8. The Labute approximate surface area is 297 Å². The molecule has 3 aliphatic heterocycles. The quantitative estimate of drug-likeness (QED) is 0.155. The molecule has 1 aromatic heterocycles. The Morgan fingerprint density at radius 2 is 1.69 bits per heavy atom. The number of carbonyl (C=O) groups is 3. The van der Waals surface area contributed by atoms with Crippen molar-refractivity contribution in [3.63, 3.8) is 0 Å². The summed E-state index contributed by atoms with van der Waals surface area (Å²) >= 11 is 4.82. The van der Waals surface area contributed by atoms with Crippen LogP contribution in [0.4, 0.5) is 26.4 Å². The Balaban J connectivity index is 0.964. The number of amides is 2. The highest BCUT2D eigenvalue weighted by Crippen LogP contribution is 2.41. The molecule has 2 unspecified atom stereocenters. The number of aromatic nitrogens is 3. The molecule has 0 bridgehead atoms. The lowest BCUT2D eigenvalue weighted by Crippen LogP contribution is -2.51. The number of nitrogens with one attached hydrogen (secondary N) is 2. The number of anilines is 3. The van der Waals surface area contributed by atoms with Crippen molar-refractivity contribution in [1.29, 1.82) is 0 Å². The SMILES string of the molecule is Nc1nc(Nc2ccc(S(=O)(=O)N3CCN(Cc4cccc5c4CN(C4CCC(=O)NC4=O)C5S)CC3)cc2)nn1C(=O)c1c(F)cccc1F. The number of piperidine rings is 1. The molecule has 3 aliphatic rings.